The number of carbonyl (C=O) groups excluding carboxylic acids is 4. The van der Waals surface area contributed by atoms with Gasteiger partial charge in [0.15, 0.2) is 0 Å². The third-order valence-electron chi connectivity index (χ3n) is 13.0. The summed E-state index contributed by atoms with van der Waals surface area (Å²) in [5.74, 6) is -4.26. The molecule has 1 saturated carbocycles. The molecule has 5 aromatic carbocycles. The summed E-state index contributed by atoms with van der Waals surface area (Å²) in [5, 5.41) is 12.4. The van der Waals surface area contributed by atoms with E-state index in [2.05, 4.69) is 0 Å². The van der Waals surface area contributed by atoms with Gasteiger partial charge in [0, 0.05) is 34.2 Å². The number of hydrogen-bond donors (Lipinski definition) is 1. The fourth-order valence-electron chi connectivity index (χ4n) is 10.4. The molecule has 6 atom stereocenters. The molecule has 314 valence electrons. The Bertz CT molecular complexity index is 2700. The predicted molar refractivity (Wildman–Crippen MR) is 235 cm³/mol. The zero-order chi connectivity index (χ0) is 43.4. The number of phenols is 1. The first-order valence-electron chi connectivity index (χ1n) is 20.3. The number of halogens is 1. The Morgan fingerprint density at radius 3 is 2.11 bits per heavy atom. The highest BCUT2D eigenvalue weighted by atomic mass is 35.5. The van der Waals surface area contributed by atoms with Gasteiger partial charge in [-0.2, -0.15) is 0 Å². The number of anilines is 2. The molecule has 2 saturated heterocycles. The summed E-state index contributed by atoms with van der Waals surface area (Å²) in [4.78, 5) is 62.6. The monoisotopic (exact) mass is 850 g/mol. The molecule has 6 unspecified atom stereocenters. The van der Waals surface area contributed by atoms with E-state index in [1.807, 2.05) is 78.9 Å². The normalized spacial score (nSPS) is 24.1. The molecule has 4 aliphatic rings. The average molecular weight is 851 g/mol. The molecule has 0 radical (unpaired) electrons. The summed E-state index contributed by atoms with van der Waals surface area (Å²) in [6.07, 6.45) is 6.03. The molecule has 5 aromatic rings. The summed E-state index contributed by atoms with van der Waals surface area (Å²) in [5.41, 5.74) is 2.26. The quantitative estimate of drug-likeness (QED) is 0.0834. The molecule has 2 aliphatic carbocycles. The first kappa shape index (κ1) is 40.6. The van der Waals surface area contributed by atoms with Gasteiger partial charge in [0.05, 0.1) is 63.0 Å². The number of ether oxygens (including phenoxy) is 4. The van der Waals surface area contributed by atoms with Crippen LogP contribution in [0, 0.1) is 23.7 Å². The molecule has 2 aliphatic heterocycles. The minimum absolute atomic E-state index is 0.0869. The first-order chi connectivity index (χ1) is 30.0. The SMILES string of the molecule is COc1ccc(OC)c(C=Cc2ccc(N3C(=O)C4CC=C5C(CC6C(=O)N(c7cccc(Cl)c7)C(=O)C6(c6ccccc6)C5c5c(O)cc(OC)cc5OC)C4C3=O)cc2)c1. The highest BCUT2D eigenvalue weighted by Gasteiger charge is 2.71. The largest absolute Gasteiger partial charge is 0.507 e. The van der Waals surface area contributed by atoms with Crippen LogP contribution in [-0.4, -0.2) is 57.2 Å². The van der Waals surface area contributed by atoms with Crippen LogP contribution < -0.4 is 28.7 Å². The van der Waals surface area contributed by atoms with Gasteiger partial charge in [-0.1, -0.05) is 83.9 Å². The van der Waals surface area contributed by atoms with E-state index >= 15 is 9.59 Å². The number of allylic oxidation sites excluding steroid dienone is 2. The summed E-state index contributed by atoms with van der Waals surface area (Å²) in [7, 11) is 6.13. The van der Waals surface area contributed by atoms with E-state index in [-0.39, 0.29) is 41.7 Å². The molecule has 4 amide bonds. The lowest BCUT2D eigenvalue weighted by Gasteiger charge is -2.51. The van der Waals surface area contributed by atoms with E-state index in [0.29, 0.717) is 44.8 Å². The summed E-state index contributed by atoms with van der Waals surface area (Å²) in [6.45, 7) is 0. The van der Waals surface area contributed by atoms with E-state index in [4.69, 9.17) is 30.5 Å². The Morgan fingerprint density at radius 1 is 0.677 bits per heavy atom. The maximum Gasteiger partial charge on any atom is 0.246 e. The lowest BCUT2D eigenvalue weighted by atomic mass is 9.49. The van der Waals surface area contributed by atoms with Crippen LogP contribution in [0.15, 0.2) is 121 Å². The third kappa shape index (κ3) is 6.24. The van der Waals surface area contributed by atoms with Crippen molar-refractivity contribution in [2.75, 3.05) is 38.2 Å². The van der Waals surface area contributed by atoms with E-state index in [1.165, 1.54) is 30.1 Å². The summed E-state index contributed by atoms with van der Waals surface area (Å²) in [6, 6.07) is 31.4. The molecule has 2 heterocycles. The maximum atomic E-state index is 15.6. The van der Waals surface area contributed by atoms with E-state index in [0.717, 1.165) is 11.1 Å². The lowest BCUT2D eigenvalue weighted by molar-refractivity contribution is -0.127. The van der Waals surface area contributed by atoms with Crippen LogP contribution in [0.2, 0.25) is 5.02 Å². The number of hydrogen-bond acceptors (Lipinski definition) is 9. The minimum atomic E-state index is -1.61. The fraction of sp³-hybridized carbons (Fsp3) is 0.240. The van der Waals surface area contributed by atoms with Gasteiger partial charge in [-0.15, -0.1) is 0 Å². The standard InChI is InChI=1S/C50H43ClN2O9/c1-59-34-19-22-41(61-3)29(23-34)16-13-28-14-17-32(18-15-28)52-46(55)37-21-20-36-38(43(37)48(52)57)27-39-47(56)53(33-12-8-11-31(51)24-33)49(58)50(39,30-9-6-5-7-10-30)45(36)44-40(54)25-35(60-2)26-42(44)62-4/h5-20,22-26,37-39,43,45,54H,21,27H2,1-4H3. The van der Waals surface area contributed by atoms with E-state index < -0.39 is 46.8 Å². The van der Waals surface area contributed by atoms with Crippen LogP contribution in [0.4, 0.5) is 11.4 Å². The number of benzene rings is 5. The van der Waals surface area contributed by atoms with Crippen LogP contribution in [0.5, 0.6) is 28.7 Å². The molecule has 0 spiro atoms. The average Bonchev–Trinajstić information content (AvgIpc) is 3.69. The predicted octanol–water partition coefficient (Wildman–Crippen LogP) is 8.62. The zero-order valence-electron chi connectivity index (χ0n) is 34.4. The van der Waals surface area contributed by atoms with Gasteiger partial charge in [0.2, 0.25) is 23.6 Å². The molecule has 1 N–H and O–H groups in total. The molecule has 9 rings (SSSR count). The number of aromatic hydroxyl groups is 1. The number of carbonyl (C=O) groups is 4. The van der Waals surface area contributed by atoms with Crippen LogP contribution in [0.25, 0.3) is 12.2 Å². The van der Waals surface area contributed by atoms with Gasteiger partial charge in [-0.3, -0.25) is 24.1 Å². The van der Waals surface area contributed by atoms with Crippen LogP contribution in [0.1, 0.15) is 41.0 Å². The van der Waals surface area contributed by atoms with Gasteiger partial charge >= 0.3 is 0 Å². The second-order valence-corrected chi connectivity index (χ2v) is 16.3. The molecule has 0 bridgehead atoms. The summed E-state index contributed by atoms with van der Waals surface area (Å²) >= 11 is 6.46. The van der Waals surface area contributed by atoms with Crippen molar-refractivity contribution in [2.24, 2.45) is 23.7 Å². The van der Waals surface area contributed by atoms with E-state index in [1.54, 1.807) is 56.7 Å². The van der Waals surface area contributed by atoms with Gasteiger partial charge in [0.1, 0.15) is 28.7 Å². The Hall–Kier alpha value is -6.85. The number of rotatable bonds is 10. The summed E-state index contributed by atoms with van der Waals surface area (Å²) < 4.78 is 22.4. The van der Waals surface area contributed by atoms with Crippen molar-refractivity contribution in [1.82, 2.24) is 0 Å². The Balaban J connectivity index is 1.15. The van der Waals surface area contributed by atoms with Gasteiger partial charge in [0.25, 0.3) is 0 Å². The van der Waals surface area contributed by atoms with Crippen LogP contribution >= 0.6 is 11.6 Å². The van der Waals surface area contributed by atoms with Crippen molar-refractivity contribution in [2.45, 2.75) is 24.2 Å². The zero-order valence-corrected chi connectivity index (χ0v) is 35.2. The number of imide groups is 2. The van der Waals surface area contributed by atoms with Crippen molar-refractivity contribution in [3.05, 3.63) is 148 Å². The molecule has 62 heavy (non-hydrogen) atoms. The Kier molecular flexibility index (Phi) is 10.4. The van der Waals surface area contributed by atoms with Gasteiger partial charge < -0.3 is 24.1 Å². The van der Waals surface area contributed by atoms with Crippen molar-refractivity contribution in [1.29, 1.82) is 0 Å². The number of fused-ring (bicyclic) bond motifs is 4. The third-order valence-corrected chi connectivity index (χ3v) is 13.3. The second kappa shape index (κ2) is 15.9. The first-order valence-corrected chi connectivity index (χ1v) is 20.7. The highest BCUT2D eigenvalue weighted by Crippen LogP contribution is 2.66. The van der Waals surface area contributed by atoms with Crippen molar-refractivity contribution in [3.63, 3.8) is 0 Å². The topological polar surface area (TPSA) is 132 Å². The van der Waals surface area contributed by atoms with Crippen LogP contribution in [-0.2, 0) is 24.6 Å². The van der Waals surface area contributed by atoms with E-state index in [9.17, 15) is 14.7 Å². The number of amides is 4. The maximum absolute atomic E-state index is 15.6. The van der Waals surface area contributed by atoms with Crippen molar-refractivity contribution >= 4 is 58.8 Å². The smallest absolute Gasteiger partial charge is 0.246 e. The molecule has 0 aromatic heterocycles. The Labute approximate surface area is 363 Å². The van der Waals surface area contributed by atoms with Crippen LogP contribution in [0.3, 0.4) is 0 Å². The minimum Gasteiger partial charge on any atom is -0.507 e. The highest BCUT2D eigenvalue weighted by molar-refractivity contribution is 6.32. The number of nitrogens with zero attached hydrogens (tertiary/aromatic N) is 2. The molecule has 3 fully saturated rings. The molecular formula is C50H43ClN2O9. The van der Waals surface area contributed by atoms with Crippen molar-refractivity contribution < 1.29 is 43.2 Å². The van der Waals surface area contributed by atoms with Crippen molar-refractivity contribution in [3.8, 4) is 28.7 Å². The second-order valence-electron chi connectivity index (χ2n) is 15.9. The number of phenolic OH excluding ortho intramolecular Hbond substituents is 1. The fourth-order valence-corrected chi connectivity index (χ4v) is 10.6. The molecule has 12 heteroatoms. The van der Waals surface area contributed by atoms with Gasteiger partial charge in [-0.05, 0) is 78.4 Å². The van der Waals surface area contributed by atoms with Gasteiger partial charge in [-0.25, -0.2) is 4.90 Å². The Morgan fingerprint density at radius 2 is 1.42 bits per heavy atom. The molecule has 11 nitrogen and oxygen atoms in total. The molecular weight excluding hydrogens is 808 g/mol. The number of methoxy groups -OCH3 is 4. The lowest BCUT2D eigenvalue weighted by Crippen LogP contribution is -2.53.